The Bertz CT molecular complexity index is 799. The molecule has 4 rings (SSSR count). The van der Waals surface area contributed by atoms with Crippen molar-refractivity contribution in [2.45, 2.75) is 85.2 Å². The van der Waals surface area contributed by atoms with Crippen molar-refractivity contribution >= 4 is 29.1 Å². The Morgan fingerprint density at radius 3 is 2.29 bits per heavy atom. The number of nitrogens with one attached hydrogen (secondary N) is 1. The number of nitrogens with zero attached hydrogens (tertiary/aromatic N) is 2. The number of hydrogen-bond acceptors (Lipinski definition) is 3. The monoisotopic (exact) mass is 509 g/mol. The summed E-state index contributed by atoms with van der Waals surface area (Å²) >= 11 is 12.6. The second-order valence-electron chi connectivity index (χ2n) is 11.2. The zero-order chi connectivity index (χ0) is 24.9. The van der Waals surface area contributed by atoms with Crippen molar-refractivity contribution in [2.75, 3.05) is 32.7 Å². The van der Waals surface area contributed by atoms with Crippen molar-refractivity contribution in [3.05, 3.63) is 33.8 Å². The highest BCUT2D eigenvalue weighted by molar-refractivity contribution is 6.42. The molecule has 6 heteroatoms. The van der Waals surface area contributed by atoms with Gasteiger partial charge in [-0.25, -0.2) is 0 Å². The van der Waals surface area contributed by atoms with Crippen LogP contribution in [0, 0.1) is 17.3 Å². The molecule has 0 aromatic heterocycles. The summed E-state index contributed by atoms with van der Waals surface area (Å²) in [5.74, 6) is 1.69. The van der Waals surface area contributed by atoms with Crippen LogP contribution in [0.4, 0.5) is 0 Å². The Morgan fingerprint density at radius 1 is 1.03 bits per heavy atom. The minimum atomic E-state index is 0.0320. The Morgan fingerprint density at radius 2 is 1.71 bits per heavy atom. The zero-order valence-electron chi connectivity index (χ0n) is 21.9. The summed E-state index contributed by atoms with van der Waals surface area (Å²) < 4.78 is 0. The van der Waals surface area contributed by atoms with Gasteiger partial charge in [-0.2, -0.15) is 0 Å². The molecule has 1 aliphatic carbocycles. The smallest absolute Gasteiger partial charge is 0.223 e. The van der Waals surface area contributed by atoms with Crippen LogP contribution in [-0.2, 0) is 4.79 Å². The van der Waals surface area contributed by atoms with Crippen molar-refractivity contribution in [3.8, 4) is 0 Å². The minimum Gasteiger partial charge on any atom is -0.337 e. The van der Waals surface area contributed by atoms with Crippen molar-refractivity contribution < 1.29 is 4.79 Å². The van der Waals surface area contributed by atoms with Crippen molar-refractivity contribution in [1.29, 1.82) is 0 Å². The molecule has 3 aliphatic rings. The largest absolute Gasteiger partial charge is 0.337 e. The van der Waals surface area contributed by atoms with Gasteiger partial charge in [0.2, 0.25) is 5.91 Å². The lowest BCUT2D eigenvalue weighted by atomic mass is 9.82. The van der Waals surface area contributed by atoms with Crippen LogP contribution in [0.1, 0.15) is 84.7 Å². The second-order valence-corrected chi connectivity index (χ2v) is 12.0. The number of halogens is 2. The molecule has 0 spiro atoms. The third-order valence-electron chi connectivity index (χ3n) is 7.68. The molecule has 0 bridgehead atoms. The number of carbonyl (C=O) groups is 1. The van der Waals surface area contributed by atoms with E-state index in [0.29, 0.717) is 34.3 Å². The van der Waals surface area contributed by atoms with E-state index in [1.165, 1.54) is 18.4 Å². The van der Waals surface area contributed by atoms with E-state index in [2.05, 4.69) is 48.0 Å². The fraction of sp³-hybridized carbons (Fsp3) is 0.750. The molecule has 2 unspecified atom stereocenters. The van der Waals surface area contributed by atoms with Gasteiger partial charge in [-0.3, -0.25) is 9.69 Å². The van der Waals surface area contributed by atoms with Gasteiger partial charge in [-0.05, 0) is 67.3 Å². The highest BCUT2D eigenvalue weighted by Gasteiger charge is 2.41. The van der Waals surface area contributed by atoms with Crippen LogP contribution in [-0.4, -0.2) is 54.5 Å². The maximum absolute atomic E-state index is 13.4. The number of piperidine rings is 1. The first-order chi connectivity index (χ1) is 16.2. The third-order valence-corrected chi connectivity index (χ3v) is 8.42. The molecule has 2 heterocycles. The molecular formula is C28H45Cl2N3O. The first-order valence-electron chi connectivity index (χ1n) is 13.4. The summed E-state index contributed by atoms with van der Waals surface area (Å²) in [6.45, 7) is 15.6. The molecule has 0 radical (unpaired) electrons. The van der Waals surface area contributed by atoms with Gasteiger partial charge in [0, 0.05) is 38.1 Å². The molecule has 1 amide bonds. The van der Waals surface area contributed by atoms with E-state index in [4.69, 9.17) is 23.2 Å². The van der Waals surface area contributed by atoms with Crippen molar-refractivity contribution in [1.82, 2.24) is 15.1 Å². The Labute approximate surface area is 217 Å². The third kappa shape index (κ3) is 7.35. The summed E-state index contributed by atoms with van der Waals surface area (Å²) in [5.41, 5.74) is 1.29. The molecule has 2 atom stereocenters. The molecule has 1 N–H and O–H groups in total. The van der Waals surface area contributed by atoms with Crippen LogP contribution in [0.5, 0.6) is 0 Å². The number of hydrogen-bond donors (Lipinski definition) is 1. The van der Waals surface area contributed by atoms with Crippen LogP contribution < -0.4 is 5.32 Å². The van der Waals surface area contributed by atoms with Crippen LogP contribution in [0.15, 0.2) is 18.2 Å². The maximum atomic E-state index is 13.4. The lowest BCUT2D eigenvalue weighted by molar-refractivity contribution is -0.141. The fourth-order valence-corrected chi connectivity index (χ4v) is 5.77. The fourth-order valence-electron chi connectivity index (χ4n) is 5.46. The summed E-state index contributed by atoms with van der Waals surface area (Å²) in [6.07, 6.45) is 6.76. The standard InChI is InChI=1S/C26H39Cl2N3O.C2H6/c1-26(2,3)24-17-30(12-13-31(24)25(32)15-19-8-10-29-11-9-19)23(14-18-4-5-18)20-6-7-21(27)22(28)16-20;1-2/h6-7,16,18-19,23-24,29H,4-5,8-15,17H2,1-3H3;1-2H3. The average molecular weight is 511 g/mol. The molecule has 2 aliphatic heterocycles. The van der Waals surface area contributed by atoms with Crippen molar-refractivity contribution in [2.24, 2.45) is 17.3 Å². The zero-order valence-corrected chi connectivity index (χ0v) is 23.4. The summed E-state index contributed by atoms with van der Waals surface area (Å²) in [7, 11) is 0. The van der Waals surface area contributed by atoms with Crippen molar-refractivity contribution in [3.63, 3.8) is 0 Å². The predicted octanol–water partition coefficient (Wildman–Crippen LogP) is 6.81. The van der Waals surface area contributed by atoms with Crippen LogP contribution in [0.3, 0.4) is 0 Å². The number of amides is 1. The minimum absolute atomic E-state index is 0.0320. The SMILES string of the molecule is CC.CC(C)(C)C1CN(C(CC2CC2)c2ccc(Cl)c(Cl)c2)CCN1C(=O)CC1CCNCC1. The molecule has 4 nitrogen and oxygen atoms in total. The highest BCUT2D eigenvalue weighted by atomic mass is 35.5. The van der Waals surface area contributed by atoms with E-state index in [-0.39, 0.29) is 11.5 Å². The quantitative estimate of drug-likeness (QED) is 0.457. The van der Waals surface area contributed by atoms with E-state index < -0.39 is 0 Å². The predicted molar refractivity (Wildman–Crippen MR) is 145 cm³/mol. The van der Waals surface area contributed by atoms with E-state index in [1.807, 2.05) is 19.9 Å². The Hall–Kier alpha value is -0.810. The molecule has 1 saturated carbocycles. The van der Waals surface area contributed by atoms with Gasteiger partial charge in [0.1, 0.15) is 0 Å². The first kappa shape index (κ1) is 27.8. The summed E-state index contributed by atoms with van der Waals surface area (Å²) in [4.78, 5) is 18.2. The lowest BCUT2D eigenvalue weighted by Gasteiger charge is -2.50. The Balaban J connectivity index is 0.00000158. The number of piperazine rings is 1. The molecule has 1 aromatic rings. The number of rotatable bonds is 6. The first-order valence-corrected chi connectivity index (χ1v) is 14.2. The molecule has 1 aromatic carbocycles. The van der Waals surface area contributed by atoms with Gasteiger partial charge in [-0.1, -0.05) is 76.7 Å². The Kier molecular flexibility index (Phi) is 10.2. The van der Waals surface area contributed by atoms with Gasteiger partial charge in [0.05, 0.1) is 10.0 Å². The van der Waals surface area contributed by atoms with Gasteiger partial charge in [-0.15, -0.1) is 0 Å². The van der Waals surface area contributed by atoms with E-state index in [0.717, 1.165) is 57.9 Å². The van der Waals surface area contributed by atoms with Gasteiger partial charge < -0.3 is 10.2 Å². The number of carbonyl (C=O) groups excluding carboxylic acids is 1. The second kappa shape index (κ2) is 12.4. The van der Waals surface area contributed by atoms with Gasteiger partial charge in [0.25, 0.3) is 0 Å². The molecule has 192 valence electrons. The van der Waals surface area contributed by atoms with Crippen LogP contribution in [0.2, 0.25) is 10.0 Å². The van der Waals surface area contributed by atoms with E-state index in [1.54, 1.807) is 0 Å². The maximum Gasteiger partial charge on any atom is 0.223 e. The number of benzene rings is 1. The average Bonchev–Trinajstić information content (AvgIpc) is 3.65. The summed E-state index contributed by atoms with van der Waals surface area (Å²) in [6, 6.07) is 6.68. The summed E-state index contributed by atoms with van der Waals surface area (Å²) in [5, 5.41) is 4.66. The topological polar surface area (TPSA) is 35.6 Å². The van der Waals surface area contributed by atoms with Gasteiger partial charge in [0.15, 0.2) is 0 Å². The molecule has 2 saturated heterocycles. The lowest BCUT2D eigenvalue weighted by Crippen LogP contribution is -2.60. The van der Waals surface area contributed by atoms with Crippen LogP contribution >= 0.6 is 23.2 Å². The molecular weight excluding hydrogens is 465 g/mol. The van der Waals surface area contributed by atoms with E-state index >= 15 is 0 Å². The molecule has 3 fully saturated rings. The molecule has 34 heavy (non-hydrogen) atoms. The van der Waals surface area contributed by atoms with E-state index in [9.17, 15) is 4.79 Å². The van der Waals surface area contributed by atoms with Crippen LogP contribution in [0.25, 0.3) is 0 Å². The normalized spacial score (nSPS) is 23.3. The van der Waals surface area contributed by atoms with Gasteiger partial charge >= 0.3 is 0 Å². The highest BCUT2D eigenvalue weighted by Crippen LogP contribution is 2.42.